The Bertz CT molecular complexity index is 1070. The molecule has 0 saturated heterocycles. The quantitative estimate of drug-likeness (QED) is 0.681. The Labute approximate surface area is 163 Å². The Morgan fingerprint density at radius 2 is 1.78 bits per heavy atom. The van der Waals surface area contributed by atoms with Crippen LogP contribution in [0.2, 0.25) is 5.02 Å². The number of carbonyl (C=O) groups is 1. The summed E-state index contributed by atoms with van der Waals surface area (Å²) in [6.07, 6.45) is 1.61. The lowest BCUT2D eigenvalue weighted by atomic mass is 10.2. The van der Waals surface area contributed by atoms with Crippen LogP contribution in [0.25, 0.3) is 10.9 Å². The van der Waals surface area contributed by atoms with E-state index in [9.17, 15) is 13.2 Å². The van der Waals surface area contributed by atoms with Gasteiger partial charge in [-0.05, 0) is 37.6 Å². The Morgan fingerprint density at radius 3 is 2.44 bits per heavy atom. The molecule has 1 N–H and O–H groups in total. The number of rotatable bonds is 6. The number of hydrogen-bond acceptors (Lipinski definition) is 3. The van der Waals surface area contributed by atoms with E-state index in [1.54, 1.807) is 44.3 Å². The smallest absolute Gasteiger partial charge is 0.235 e. The second kappa shape index (κ2) is 7.74. The highest BCUT2D eigenvalue weighted by Gasteiger charge is 2.24. The molecule has 0 aliphatic carbocycles. The summed E-state index contributed by atoms with van der Waals surface area (Å²) < 4.78 is 27.6. The van der Waals surface area contributed by atoms with E-state index in [1.807, 2.05) is 28.8 Å². The summed E-state index contributed by atoms with van der Waals surface area (Å²) in [4.78, 5) is 12.2. The van der Waals surface area contributed by atoms with Gasteiger partial charge in [-0.1, -0.05) is 41.9 Å². The van der Waals surface area contributed by atoms with Crippen molar-refractivity contribution in [2.75, 3.05) is 5.75 Å². The fourth-order valence-electron chi connectivity index (χ4n) is 2.99. The third-order valence-electron chi connectivity index (χ3n) is 4.12. The molecule has 3 rings (SSSR count). The molecule has 1 aromatic heterocycles. The fourth-order valence-corrected chi connectivity index (χ4v) is 4.50. The van der Waals surface area contributed by atoms with Gasteiger partial charge >= 0.3 is 0 Å². The first-order valence-corrected chi connectivity index (χ1v) is 10.6. The monoisotopic (exact) mass is 404 g/mol. The van der Waals surface area contributed by atoms with E-state index in [2.05, 4.69) is 5.32 Å². The number of nitrogens with one attached hydrogen (secondary N) is 1. The van der Waals surface area contributed by atoms with E-state index in [0.717, 1.165) is 11.1 Å². The van der Waals surface area contributed by atoms with Crippen LogP contribution in [0.3, 0.4) is 0 Å². The predicted molar refractivity (Wildman–Crippen MR) is 108 cm³/mol. The second-order valence-electron chi connectivity index (χ2n) is 6.75. The standard InChI is InChI=1S/C20H21ClN2O3S/c1-14(2)22-20(24)13-27(25,26)19-12-23(18-6-4-3-5-17(18)19)11-15-7-9-16(21)10-8-15/h3-10,12,14H,11,13H2,1-2H3,(H,22,24). The first-order chi connectivity index (χ1) is 12.8. The molecule has 1 amide bonds. The molecule has 1 heterocycles. The molecule has 142 valence electrons. The average molecular weight is 405 g/mol. The van der Waals surface area contributed by atoms with Crippen molar-refractivity contribution in [1.29, 1.82) is 0 Å². The Balaban J connectivity index is 1.99. The number of fused-ring (bicyclic) bond motifs is 1. The van der Waals surface area contributed by atoms with Crippen LogP contribution in [0.15, 0.2) is 59.6 Å². The van der Waals surface area contributed by atoms with Crippen LogP contribution >= 0.6 is 11.6 Å². The first kappa shape index (κ1) is 19.5. The van der Waals surface area contributed by atoms with E-state index in [-0.39, 0.29) is 10.9 Å². The van der Waals surface area contributed by atoms with E-state index in [1.165, 1.54) is 0 Å². The van der Waals surface area contributed by atoms with Gasteiger partial charge in [0.2, 0.25) is 5.91 Å². The summed E-state index contributed by atoms with van der Waals surface area (Å²) in [6.45, 7) is 4.09. The van der Waals surface area contributed by atoms with Gasteiger partial charge < -0.3 is 9.88 Å². The molecule has 0 atom stereocenters. The molecule has 0 saturated carbocycles. The van der Waals surface area contributed by atoms with Crippen molar-refractivity contribution in [3.05, 3.63) is 65.3 Å². The van der Waals surface area contributed by atoms with Gasteiger partial charge in [0.25, 0.3) is 0 Å². The Morgan fingerprint density at radius 1 is 1.11 bits per heavy atom. The molecular weight excluding hydrogens is 384 g/mol. The molecule has 7 heteroatoms. The van der Waals surface area contributed by atoms with Crippen LogP contribution in [0, 0.1) is 0 Å². The van der Waals surface area contributed by atoms with Crippen molar-refractivity contribution in [2.24, 2.45) is 0 Å². The lowest BCUT2D eigenvalue weighted by molar-refractivity contribution is -0.119. The Hall–Kier alpha value is -2.31. The number of para-hydroxylation sites is 1. The molecule has 0 fully saturated rings. The molecule has 0 spiro atoms. The average Bonchev–Trinajstić information content (AvgIpc) is 2.95. The predicted octanol–water partition coefficient (Wildman–Crippen LogP) is 3.64. The van der Waals surface area contributed by atoms with Crippen LogP contribution in [-0.4, -0.2) is 30.7 Å². The number of amides is 1. The molecule has 5 nitrogen and oxygen atoms in total. The minimum absolute atomic E-state index is 0.112. The van der Waals surface area contributed by atoms with Crippen molar-refractivity contribution in [3.8, 4) is 0 Å². The molecule has 0 aliphatic rings. The number of benzene rings is 2. The van der Waals surface area contributed by atoms with Crippen molar-refractivity contribution < 1.29 is 13.2 Å². The van der Waals surface area contributed by atoms with Gasteiger partial charge in [-0.2, -0.15) is 0 Å². The second-order valence-corrected chi connectivity index (χ2v) is 9.14. The fraction of sp³-hybridized carbons (Fsp3) is 0.250. The van der Waals surface area contributed by atoms with Gasteiger partial charge in [0.15, 0.2) is 9.84 Å². The van der Waals surface area contributed by atoms with Gasteiger partial charge in [-0.15, -0.1) is 0 Å². The van der Waals surface area contributed by atoms with Gasteiger partial charge in [0.05, 0.1) is 4.90 Å². The summed E-state index contributed by atoms with van der Waals surface area (Å²) >= 11 is 5.93. The van der Waals surface area contributed by atoms with Crippen LogP contribution in [0.4, 0.5) is 0 Å². The van der Waals surface area contributed by atoms with E-state index >= 15 is 0 Å². The lowest BCUT2D eigenvalue weighted by Crippen LogP contribution is -2.35. The number of carbonyl (C=O) groups excluding carboxylic acids is 1. The number of nitrogens with zero attached hydrogens (tertiary/aromatic N) is 1. The third-order valence-corrected chi connectivity index (χ3v) is 6.01. The molecule has 0 unspecified atom stereocenters. The summed E-state index contributed by atoms with van der Waals surface area (Å²) in [6, 6.07) is 14.6. The maximum absolute atomic E-state index is 12.9. The minimum Gasteiger partial charge on any atom is -0.353 e. The van der Waals surface area contributed by atoms with Crippen LogP contribution in [0.1, 0.15) is 19.4 Å². The number of aromatic nitrogens is 1. The SMILES string of the molecule is CC(C)NC(=O)CS(=O)(=O)c1cn(Cc2ccc(Cl)cc2)c2ccccc12. The van der Waals surface area contributed by atoms with Crippen LogP contribution in [-0.2, 0) is 21.2 Å². The van der Waals surface area contributed by atoms with Gasteiger partial charge in [0, 0.05) is 34.7 Å². The molecule has 0 radical (unpaired) electrons. The zero-order valence-electron chi connectivity index (χ0n) is 15.1. The van der Waals surface area contributed by atoms with Crippen LogP contribution < -0.4 is 5.32 Å². The number of hydrogen-bond donors (Lipinski definition) is 1. The lowest BCUT2D eigenvalue weighted by Gasteiger charge is -2.08. The van der Waals surface area contributed by atoms with E-state index < -0.39 is 21.5 Å². The normalized spacial score (nSPS) is 11.9. The number of halogens is 1. The van der Waals surface area contributed by atoms with Gasteiger partial charge in [-0.25, -0.2) is 8.42 Å². The molecule has 0 aliphatic heterocycles. The Kier molecular flexibility index (Phi) is 5.58. The third kappa shape index (κ3) is 4.51. The van der Waals surface area contributed by atoms with Crippen molar-refractivity contribution >= 4 is 38.2 Å². The van der Waals surface area contributed by atoms with Gasteiger partial charge in [-0.3, -0.25) is 4.79 Å². The summed E-state index contributed by atoms with van der Waals surface area (Å²) in [7, 11) is -3.76. The molecule has 27 heavy (non-hydrogen) atoms. The largest absolute Gasteiger partial charge is 0.353 e. The van der Waals surface area contributed by atoms with E-state index in [0.29, 0.717) is 17.0 Å². The maximum Gasteiger partial charge on any atom is 0.235 e. The van der Waals surface area contributed by atoms with Crippen molar-refractivity contribution in [3.63, 3.8) is 0 Å². The summed E-state index contributed by atoms with van der Waals surface area (Å²) in [5, 5.41) is 3.89. The maximum atomic E-state index is 12.9. The highest BCUT2D eigenvalue weighted by molar-refractivity contribution is 7.92. The highest BCUT2D eigenvalue weighted by Crippen LogP contribution is 2.27. The topological polar surface area (TPSA) is 68.2 Å². The van der Waals surface area contributed by atoms with E-state index in [4.69, 9.17) is 11.6 Å². The molecular formula is C20H21ClN2O3S. The molecule has 3 aromatic rings. The first-order valence-electron chi connectivity index (χ1n) is 8.61. The zero-order chi connectivity index (χ0) is 19.6. The highest BCUT2D eigenvalue weighted by atomic mass is 35.5. The van der Waals surface area contributed by atoms with Crippen molar-refractivity contribution in [1.82, 2.24) is 9.88 Å². The van der Waals surface area contributed by atoms with Crippen molar-refractivity contribution in [2.45, 2.75) is 31.3 Å². The number of sulfone groups is 1. The zero-order valence-corrected chi connectivity index (χ0v) is 16.7. The minimum atomic E-state index is -3.76. The summed E-state index contributed by atoms with van der Waals surface area (Å²) in [5.41, 5.74) is 1.80. The molecule has 2 aromatic carbocycles. The molecule has 0 bridgehead atoms. The van der Waals surface area contributed by atoms with Crippen LogP contribution in [0.5, 0.6) is 0 Å². The van der Waals surface area contributed by atoms with Gasteiger partial charge in [0.1, 0.15) is 5.75 Å². The summed E-state index contributed by atoms with van der Waals surface area (Å²) in [5.74, 6) is -1.07.